The quantitative estimate of drug-likeness (QED) is 0.514. The molecule has 0 bridgehead atoms. The van der Waals surface area contributed by atoms with E-state index < -0.39 is 12.0 Å². The first kappa shape index (κ1) is 26.5. The number of rotatable bonds is 6. The topological polar surface area (TPSA) is 84.1 Å². The molecule has 196 valence electrons. The van der Waals surface area contributed by atoms with Gasteiger partial charge in [0.15, 0.2) is 11.6 Å². The van der Waals surface area contributed by atoms with Crippen molar-refractivity contribution in [1.29, 1.82) is 0 Å². The monoisotopic (exact) mass is 508 g/mol. The molecule has 1 atom stereocenters. The van der Waals surface area contributed by atoms with E-state index in [0.29, 0.717) is 17.9 Å². The van der Waals surface area contributed by atoms with E-state index in [1.54, 1.807) is 36.4 Å². The molecule has 4 rings (SSSR count). The summed E-state index contributed by atoms with van der Waals surface area (Å²) in [5, 5.41) is 5.57. The molecule has 0 spiro atoms. The molecule has 2 amide bonds. The van der Waals surface area contributed by atoms with Crippen molar-refractivity contribution < 1.29 is 23.5 Å². The molecule has 1 saturated heterocycles. The Labute approximate surface area is 217 Å². The Balaban J connectivity index is 1.25. The van der Waals surface area contributed by atoms with Gasteiger partial charge in [-0.05, 0) is 48.5 Å². The predicted octanol–water partition coefficient (Wildman–Crippen LogP) is 3.85. The molecule has 2 heterocycles. The van der Waals surface area contributed by atoms with Gasteiger partial charge in [0, 0.05) is 41.9 Å². The van der Waals surface area contributed by atoms with Crippen LogP contribution in [0.4, 0.5) is 14.9 Å². The number of nitrogens with one attached hydrogen (secondary N) is 3. The minimum absolute atomic E-state index is 0.151. The molecule has 8 nitrogen and oxygen atoms in total. The second kappa shape index (κ2) is 12.1. The molecule has 1 unspecified atom stereocenters. The van der Waals surface area contributed by atoms with Gasteiger partial charge >= 0.3 is 6.03 Å². The second-order valence-electron chi connectivity index (χ2n) is 9.85. The average molecular weight is 509 g/mol. The number of halogens is 1. The van der Waals surface area contributed by atoms with Crippen LogP contribution in [0.1, 0.15) is 31.9 Å². The lowest BCUT2D eigenvalue weighted by molar-refractivity contribution is 0.0320. The van der Waals surface area contributed by atoms with Gasteiger partial charge in [0.05, 0.1) is 13.2 Å². The number of nitrogens with zero attached hydrogens (tertiary/aromatic N) is 1. The first-order valence-electron chi connectivity index (χ1n) is 12.3. The van der Waals surface area contributed by atoms with Crippen LogP contribution in [-0.4, -0.2) is 56.6 Å². The third-order valence-electron chi connectivity index (χ3n) is 5.83. The standard InChI is InChI=1S/C28H33FN4O4/c1-28(2,3)25-19-26(32-37-25)31-27(34)30-22-9-6-20(7-10-22)4-5-21-8-11-24(23(29)18-21)36-17-14-33-12-15-35-16-13-33/h6-11,18-19,26,32H,12-17H2,1-3H3,(H2,30,31,34). The SMILES string of the molecule is CC(C)(C)C1=CC(NC(=O)Nc2ccc(C#Cc3ccc(OCCN4CCOCC4)c(F)c3)cc2)NO1. The van der Waals surface area contributed by atoms with Crippen LogP contribution in [0.15, 0.2) is 54.3 Å². The van der Waals surface area contributed by atoms with Crippen LogP contribution in [0.5, 0.6) is 5.75 Å². The van der Waals surface area contributed by atoms with Crippen LogP contribution >= 0.6 is 0 Å². The van der Waals surface area contributed by atoms with Crippen molar-refractivity contribution in [2.45, 2.75) is 26.9 Å². The van der Waals surface area contributed by atoms with E-state index in [-0.39, 0.29) is 17.2 Å². The molecule has 0 aromatic heterocycles. The van der Waals surface area contributed by atoms with Crippen molar-refractivity contribution in [2.75, 3.05) is 44.8 Å². The number of ether oxygens (including phenoxy) is 2. The molecule has 0 aliphatic carbocycles. The van der Waals surface area contributed by atoms with Crippen LogP contribution in [0.2, 0.25) is 0 Å². The maximum atomic E-state index is 14.5. The molecule has 2 aromatic rings. The highest BCUT2D eigenvalue weighted by Gasteiger charge is 2.27. The number of carbonyl (C=O) groups is 1. The van der Waals surface area contributed by atoms with Crippen LogP contribution in [0.25, 0.3) is 0 Å². The molecular weight excluding hydrogens is 475 g/mol. The van der Waals surface area contributed by atoms with Crippen molar-refractivity contribution in [3.8, 4) is 17.6 Å². The largest absolute Gasteiger partial charge is 0.489 e. The number of anilines is 1. The van der Waals surface area contributed by atoms with E-state index in [2.05, 4.69) is 32.9 Å². The Morgan fingerprint density at radius 3 is 2.51 bits per heavy atom. The Morgan fingerprint density at radius 2 is 1.84 bits per heavy atom. The van der Waals surface area contributed by atoms with Crippen molar-refractivity contribution in [1.82, 2.24) is 15.7 Å². The maximum absolute atomic E-state index is 14.5. The number of carbonyl (C=O) groups excluding carboxylic acids is 1. The zero-order chi connectivity index (χ0) is 26.3. The molecule has 2 aromatic carbocycles. The van der Waals surface area contributed by atoms with Gasteiger partial charge in [-0.1, -0.05) is 32.6 Å². The van der Waals surface area contributed by atoms with E-state index >= 15 is 0 Å². The second-order valence-corrected chi connectivity index (χ2v) is 9.85. The van der Waals surface area contributed by atoms with Crippen LogP contribution < -0.4 is 20.9 Å². The molecular formula is C28H33FN4O4. The first-order valence-corrected chi connectivity index (χ1v) is 12.3. The van der Waals surface area contributed by atoms with Gasteiger partial charge in [-0.25, -0.2) is 9.18 Å². The van der Waals surface area contributed by atoms with Crippen molar-refractivity contribution in [3.63, 3.8) is 0 Å². The zero-order valence-corrected chi connectivity index (χ0v) is 21.4. The van der Waals surface area contributed by atoms with Gasteiger partial charge in [0.25, 0.3) is 0 Å². The third kappa shape index (κ3) is 7.95. The number of morpholine rings is 1. The predicted molar refractivity (Wildman–Crippen MR) is 139 cm³/mol. The summed E-state index contributed by atoms with van der Waals surface area (Å²) < 4.78 is 25.4. The number of allylic oxidation sites excluding steroid dienone is 1. The highest BCUT2D eigenvalue weighted by molar-refractivity contribution is 5.89. The summed E-state index contributed by atoms with van der Waals surface area (Å²) in [6.45, 7) is 10.4. The summed E-state index contributed by atoms with van der Waals surface area (Å²) in [5.74, 6) is 6.53. The first-order chi connectivity index (χ1) is 17.8. The number of hydrogen-bond donors (Lipinski definition) is 3. The van der Waals surface area contributed by atoms with Crippen molar-refractivity contribution in [2.24, 2.45) is 5.41 Å². The Bertz CT molecular complexity index is 1180. The van der Waals surface area contributed by atoms with E-state index in [1.165, 1.54) is 6.07 Å². The van der Waals surface area contributed by atoms with Crippen molar-refractivity contribution >= 4 is 11.7 Å². The summed E-state index contributed by atoms with van der Waals surface area (Å²) in [5.41, 5.74) is 4.53. The third-order valence-corrected chi connectivity index (χ3v) is 5.83. The lowest BCUT2D eigenvalue weighted by Gasteiger charge is -2.26. The highest BCUT2D eigenvalue weighted by atomic mass is 19.1. The fraction of sp³-hybridized carbons (Fsp3) is 0.393. The minimum atomic E-state index is -0.439. The zero-order valence-electron chi connectivity index (χ0n) is 21.4. The normalized spacial score (nSPS) is 17.7. The molecule has 37 heavy (non-hydrogen) atoms. The van der Waals surface area contributed by atoms with Gasteiger partial charge in [-0.15, -0.1) is 5.48 Å². The Kier molecular flexibility index (Phi) is 8.66. The Morgan fingerprint density at radius 1 is 1.14 bits per heavy atom. The summed E-state index contributed by atoms with van der Waals surface area (Å²) in [6.07, 6.45) is 1.42. The van der Waals surface area contributed by atoms with Crippen molar-refractivity contribution in [3.05, 3.63) is 71.2 Å². The van der Waals surface area contributed by atoms with Gasteiger partial charge in [0.2, 0.25) is 0 Å². The van der Waals surface area contributed by atoms with E-state index in [4.69, 9.17) is 14.3 Å². The summed E-state index contributed by atoms with van der Waals surface area (Å²) in [7, 11) is 0. The van der Waals surface area contributed by atoms with Gasteiger partial charge in [-0.2, -0.15) is 0 Å². The molecule has 1 fully saturated rings. The number of hydrogen-bond acceptors (Lipinski definition) is 6. The molecule has 3 N–H and O–H groups in total. The lowest BCUT2D eigenvalue weighted by Crippen LogP contribution is -2.43. The Hall–Kier alpha value is -3.58. The summed E-state index contributed by atoms with van der Waals surface area (Å²) >= 11 is 0. The van der Waals surface area contributed by atoms with E-state index in [1.807, 2.05) is 26.8 Å². The number of benzene rings is 2. The van der Waals surface area contributed by atoms with Crippen LogP contribution in [0, 0.1) is 23.1 Å². The van der Waals surface area contributed by atoms with E-state index in [9.17, 15) is 9.18 Å². The fourth-order valence-electron chi connectivity index (χ4n) is 3.72. The molecule has 2 aliphatic heterocycles. The van der Waals surface area contributed by atoms with Crippen LogP contribution in [-0.2, 0) is 9.57 Å². The van der Waals surface area contributed by atoms with Gasteiger partial charge in [0.1, 0.15) is 18.5 Å². The van der Waals surface area contributed by atoms with E-state index in [0.717, 1.165) is 44.2 Å². The summed E-state index contributed by atoms with van der Waals surface area (Å²) in [4.78, 5) is 20.0. The van der Waals surface area contributed by atoms with Gasteiger partial charge in [-0.3, -0.25) is 4.90 Å². The maximum Gasteiger partial charge on any atom is 0.320 e. The smallest absolute Gasteiger partial charge is 0.320 e. The minimum Gasteiger partial charge on any atom is -0.489 e. The summed E-state index contributed by atoms with van der Waals surface area (Å²) in [6, 6.07) is 11.4. The lowest BCUT2D eigenvalue weighted by atomic mass is 9.94. The highest BCUT2D eigenvalue weighted by Crippen LogP contribution is 2.28. The van der Waals surface area contributed by atoms with Gasteiger partial charge < -0.3 is 24.9 Å². The number of urea groups is 1. The van der Waals surface area contributed by atoms with Crippen LogP contribution in [0.3, 0.4) is 0 Å². The fourth-order valence-corrected chi connectivity index (χ4v) is 3.72. The molecule has 0 radical (unpaired) electrons. The average Bonchev–Trinajstić information content (AvgIpc) is 3.34. The molecule has 0 saturated carbocycles. The molecule has 2 aliphatic rings. The number of hydroxylamine groups is 1. The molecule has 9 heteroatoms. The number of amides is 2.